The molecule has 0 heterocycles. The molecule has 7 heteroatoms. The van der Waals surface area contributed by atoms with Crippen molar-refractivity contribution in [2.24, 2.45) is 0 Å². The van der Waals surface area contributed by atoms with Gasteiger partial charge in [0.15, 0.2) is 5.78 Å². The molecule has 0 atom stereocenters. The summed E-state index contributed by atoms with van der Waals surface area (Å²) in [5, 5.41) is 10.7. The number of hydrazine groups is 1. The van der Waals surface area contributed by atoms with Crippen LogP contribution < -0.4 is 10.9 Å². The molecule has 2 aromatic rings. The molecular weight excluding hydrogens is 310 g/mol. The normalized spacial score (nSPS) is 10.8. The number of amides is 1. The average Bonchev–Trinajstić information content (AvgIpc) is 2.59. The van der Waals surface area contributed by atoms with Gasteiger partial charge in [-0.3, -0.25) is 30.6 Å². The van der Waals surface area contributed by atoms with Crippen molar-refractivity contribution in [2.75, 3.05) is 0 Å². The molecule has 0 aliphatic carbocycles. The molecular formula is C17H15N3O4. The van der Waals surface area contributed by atoms with Gasteiger partial charge in [0.25, 0.3) is 11.6 Å². The van der Waals surface area contributed by atoms with Crippen molar-refractivity contribution in [1.82, 2.24) is 10.9 Å². The van der Waals surface area contributed by atoms with Crippen molar-refractivity contribution in [3.8, 4) is 0 Å². The maximum atomic E-state index is 12.0. The minimum Gasteiger partial charge on any atom is -0.298 e. The van der Waals surface area contributed by atoms with Gasteiger partial charge >= 0.3 is 0 Å². The van der Waals surface area contributed by atoms with E-state index in [0.29, 0.717) is 16.8 Å². The molecule has 0 aromatic heterocycles. The molecule has 0 saturated heterocycles. The summed E-state index contributed by atoms with van der Waals surface area (Å²) in [6.07, 6.45) is 1.30. The van der Waals surface area contributed by atoms with E-state index in [9.17, 15) is 19.7 Å². The second kappa shape index (κ2) is 7.68. The number of hydrogen-bond acceptors (Lipinski definition) is 5. The van der Waals surface area contributed by atoms with Gasteiger partial charge in [-0.05, 0) is 31.2 Å². The third-order valence-electron chi connectivity index (χ3n) is 3.08. The number of hydrogen-bond donors (Lipinski definition) is 2. The van der Waals surface area contributed by atoms with Crippen molar-refractivity contribution in [3.63, 3.8) is 0 Å². The molecule has 0 radical (unpaired) electrons. The Morgan fingerprint density at radius 2 is 1.58 bits per heavy atom. The van der Waals surface area contributed by atoms with Gasteiger partial charge in [-0.15, -0.1) is 0 Å². The monoisotopic (exact) mass is 325 g/mol. The Kier molecular flexibility index (Phi) is 5.40. The molecule has 0 fully saturated rings. The number of benzene rings is 2. The van der Waals surface area contributed by atoms with E-state index in [1.165, 1.54) is 37.3 Å². The highest BCUT2D eigenvalue weighted by molar-refractivity contribution is 5.97. The number of allylic oxidation sites excluding steroid dienone is 1. The number of non-ortho nitro benzene ring substituents is 1. The Bertz CT molecular complexity index is 783. The van der Waals surface area contributed by atoms with E-state index in [1.807, 2.05) is 0 Å². The number of nitro benzene ring substituents is 1. The molecule has 0 spiro atoms. The zero-order chi connectivity index (χ0) is 17.5. The van der Waals surface area contributed by atoms with E-state index in [0.717, 1.165) is 0 Å². The second-order valence-corrected chi connectivity index (χ2v) is 4.92. The number of ketones is 1. The minimum absolute atomic E-state index is 0.0609. The maximum absolute atomic E-state index is 12.0. The molecule has 0 aliphatic heterocycles. The van der Waals surface area contributed by atoms with Gasteiger partial charge in [0, 0.05) is 29.3 Å². The molecule has 7 nitrogen and oxygen atoms in total. The van der Waals surface area contributed by atoms with Gasteiger partial charge in [-0.1, -0.05) is 18.2 Å². The van der Waals surface area contributed by atoms with Gasteiger partial charge in [-0.2, -0.15) is 0 Å². The van der Waals surface area contributed by atoms with E-state index in [-0.39, 0.29) is 17.4 Å². The van der Waals surface area contributed by atoms with Crippen LogP contribution in [-0.2, 0) is 4.79 Å². The standard InChI is InChI=1S/C17H15N3O4/c1-12(21)11-16(13-7-9-15(10-8-13)20(23)24)18-19-17(22)14-5-3-2-4-6-14/h2-11,18H,1H3,(H,19,22)/b16-11-. The van der Waals surface area contributed by atoms with Gasteiger partial charge < -0.3 is 0 Å². The van der Waals surface area contributed by atoms with E-state index < -0.39 is 4.92 Å². The molecule has 0 saturated carbocycles. The van der Waals surface area contributed by atoms with Gasteiger partial charge in [0.1, 0.15) is 0 Å². The van der Waals surface area contributed by atoms with Crippen LogP contribution in [0.2, 0.25) is 0 Å². The average molecular weight is 325 g/mol. The molecule has 122 valence electrons. The number of nitrogens with one attached hydrogen (secondary N) is 2. The van der Waals surface area contributed by atoms with Crippen molar-refractivity contribution >= 4 is 23.1 Å². The highest BCUT2D eigenvalue weighted by atomic mass is 16.6. The highest BCUT2D eigenvalue weighted by Gasteiger charge is 2.09. The molecule has 2 aromatic carbocycles. The Labute approximate surface area is 138 Å². The summed E-state index contributed by atoms with van der Waals surface area (Å²) in [4.78, 5) is 33.6. The SMILES string of the molecule is CC(=O)/C=C(\NNC(=O)c1ccccc1)c1ccc([N+](=O)[O-])cc1. The van der Waals surface area contributed by atoms with Crippen LogP contribution in [0.3, 0.4) is 0 Å². The van der Waals surface area contributed by atoms with E-state index in [1.54, 1.807) is 30.3 Å². The van der Waals surface area contributed by atoms with Crippen molar-refractivity contribution < 1.29 is 14.5 Å². The number of carbonyl (C=O) groups is 2. The van der Waals surface area contributed by atoms with E-state index >= 15 is 0 Å². The van der Waals surface area contributed by atoms with Crippen LogP contribution in [0.5, 0.6) is 0 Å². The Morgan fingerprint density at radius 1 is 0.958 bits per heavy atom. The first kappa shape index (κ1) is 16.9. The summed E-state index contributed by atoms with van der Waals surface area (Å²) in [5.74, 6) is -0.600. The molecule has 0 bridgehead atoms. The molecule has 1 amide bonds. The number of nitro groups is 1. The third-order valence-corrected chi connectivity index (χ3v) is 3.08. The van der Waals surface area contributed by atoms with Crippen molar-refractivity contribution in [3.05, 3.63) is 81.9 Å². The quantitative estimate of drug-likeness (QED) is 0.482. The van der Waals surface area contributed by atoms with Gasteiger partial charge in [0.05, 0.1) is 10.6 Å². The van der Waals surface area contributed by atoms with Crippen LogP contribution in [0.1, 0.15) is 22.8 Å². The maximum Gasteiger partial charge on any atom is 0.269 e. The second-order valence-electron chi connectivity index (χ2n) is 4.92. The van der Waals surface area contributed by atoms with Crippen LogP contribution in [0.4, 0.5) is 5.69 Å². The topological polar surface area (TPSA) is 101 Å². The largest absolute Gasteiger partial charge is 0.298 e. The van der Waals surface area contributed by atoms with Crippen molar-refractivity contribution in [2.45, 2.75) is 6.92 Å². The highest BCUT2D eigenvalue weighted by Crippen LogP contribution is 2.17. The Morgan fingerprint density at radius 3 is 2.12 bits per heavy atom. The fraction of sp³-hybridized carbons (Fsp3) is 0.0588. The van der Waals surface area contributed by atoms with Crippen LogP contribution in [0.15, 0.2) is 60.7 Å². The molecule has 0 aliphatic rings. The number of carbonyl (C=O) groups excluding carboxylic acids is 2. The molecule has 0 unspecified atom stereocenters. The predicted molar refractivity (Wildman–Crippen MR) is 88.8 cm³/mol. The third kappa shape index (κ3) is 4.51. The van der Waals surface area contributed by atoms with E-state index in [2.05, 4.69) is 10.9 Å². The predicted octanol–water partition coefficient (Wildman–Crippen LogP) is 2.46. The fourth-order valence-corrected chi connectivity index (χ4v) is 1.94. The van der Waals surface area contributed by atoms with Crippen LogP contribution in [0.25, 0.3) is 5.70 Å². The fourth-order valence-electron chi connectivity index (χ4n) is 1.94. The summed E-state index contributed by atoms with van der Waals surface area (Å²) in [6, 6.07) is 14.2. The van der Waals surface area contributed by atoms with Crippen LogP contribution in [0, 0.1) is 10.1 Å². The summed E-state index contributed by atoms with van der Waals surface area (Å²) in [6.45, 7) is 1.37. The minimum atomic E-state index is -0.511. The zero-order valence-corrected chi connectivity index (χ0v) is 12.9. The lowest BCUT2D eigenvalue weighted by Gasteiger charge is -2.12. The summed E-state index contributed by atoms with van der Waals surface area (Å²) < 4.78 is 0. The molecule has 2 rings (SSSR count). The Hall–Kier alpha value is -3.48. The molecule has 2 N–H and O–H groups in total. The zero-order valence-electron chi connectivity index (χ0n) is 12.9. The summed E-state index contributed by atoms with van der Waals surface area (Å²) in [7, 11) is 0. The first-order valence-electron chi connectivity index (χ1n) is 7.06. The first-order valence-corrected chi connectivity index (χ1v) is 7.06. The Balaban J connectivity index is 2.16. The lowest BCUT2D eigenvalue weighted by Crippen LogP contribution is -2.36. The number of rotatable bonds is 6. The van der Waals surface area contributed by atoms with Gasteiger partial charge in [-0.25, -0.2) is 0 Å². The molecule has 24 heavy (non-hydrogen) atoms. The van der Waals surface area contributed by atoms with Gasteiger partial charge in [0.2, 0.25) is 0 Å². The summed E-state index contributed by atoms with van der Waals surface area (Å²) >= 11 is 0. The van der Waals surface area contributed by atoms with Crippen LogP contribution in [-0.4, -0.2) is 16.6 Å². The lowest BCUT2D eigenvalue weighted by molar-refractivity contribution is -0.384. The summed E-state index contributed by atoms with van der Waals surface area (Å²) in [5.41, 5.74) is 6.44. The van der Waals surface area contributed by atoms with E-state index in [4.69, 9.17) is 0 Å². The van der Waals surface area contributed by atoms with Crippen molar-refractivity contribution in [1.29, 1.82) is 0 Å². The van der Waals surface area contributed by atoms with Crippen LogP contribution >= 0.6 is 0 Å². The smallest absolute Gasteiger partial charge is 0.269 e. The number of nitrogens with zero attached hydrogens (tertiary/aromatic N) is 1. The lowest BCUT2D eigenvalue weighted by atomic mass is 10.1. The first-order chi connectivity index (χ1) is 11.5.